The van der Waals surface area contributed by atoms with Gasteiger partial charge in [-0.2, -0.15) is 0 Å². The van der Waals surface area contributed by atoms with Gasteiger partial charge in [0.2, 0.25) is 0 Å². The van der Waals surface area contributed by atoms with Crippen LogP contribution in [-0.2, 0) is 0 Å². The Balaban J connectivity index is 4.30. The first-order chi connectivity index (χ1) is 7.97. The highest BCUT2D eigenvalue weighted by atomic mass is 14.4. The van der Waals surface area contributed by atoms with Gasteiger partial charge in [0, 0.05) is 5.71 Å². The summed E-state index contributed by atoms with van der Waals surface area (Å²) >= 11 is 0. The molecular formula is C15H28N2. The van der Waals surface area contributed by atoms with Gasteiger partial charge in [-0.25, -0.2) is 0 Å². The maximum Gasteiger partial charge on any atom is 0.0345 e. The standard InChI is InChI=1S/C15H28N2/c1-6-11(3)14(7-2)15(17)9-8-12(4)13(5)10-16/h7,10-13,16-17H,6,8-9H2,1-5H3/b14-7-,16-10?,17-15?. The van der Waals surface area contributed by atoms with Gasteiger partial charge in [-0.05, 0) is 55.7 Å². The summed E-state index contributed by atoms with van der Waals surface area (Å²) in [6.45, 7) is 10.6. The zero-order chi connectivity index (χ0) is 13.4. The maximum absolute atomic E-state index is 8.15. The summed E-state index contributed by atoms with van der Waals surface area (Å²) in [5.74, 6) is 1.30. The van der Waals surface area contributed by atoms with Crippen molar-refractivity contribution in [1.82, 2.24) is 0 Å². The first-order valence-electron chi connectivity index (χ1n) is 6.72. The first-order valence-corrected chi connectivity index (χ1v) is 6.72. The number of hydrogen-bond acceptors (Lipinski definition) is 2. The Morgan fingerprint density at radius 1 is 1.24 bits per heavy atom. The van der Waals surface area contributed by atoms with Gasteiger partial charge in [-0.3, -0.25) is 0 Å². The van der Waals surface area contributed by atoms with Crippen molar-refractivity contribution in [3.63, 3.8) is 0 Å². The number of nitrogens with one attached hydrogen (secondary N) is 2. The fourth-order valence-electron chi connectivity index (χ4n) is 1.92. The minimum Gasteiger partial charge on any atom is -0.313 e. The van der Waals surface area contributed by atoms with Gasteiger partial charge in [-0.15, -0.1) is 0 Å². The van der Waals surface area contributed by atoms with Crippen molar-refractivity contribution in [3.8, 4) is 0 Å². The van der Waals surface area contributed by atoms with Gasteiger partial charge >= 0.3 is 0 Å². The van der Waals surface area contributed by atoms with E-state index in [2.05, 4.69) is 33.8 Å². The van der Waals surface area contributed by atoms with Crippen molar-refractivity contribution in [2.24, 2.45) is 17.8 Å². The van der Waals surface area contributed by atoms with Crippen molar-refractivity contribution >= 4 is 11.9 Å². The van der Waals surface area contributed by atoms with Crippen molar-refractivity contribution in [2.75, 3.05) is 0 Å². The van der Waals surface area contributed by atoms with E-state index in [1.54, 1.807) is 0 Å². The Bertz CT molecular complexity index is 279. The van der Waals surface area contributed by atoms with Crippen LogP contribution in [0.15, 0.2) is 11.6 Å². The SMILES string of the molecule is C/C=C(\C(=N)CCC(C)C(C)C=N)C(C)CC. The highest BCUT2D eigenvalue weighted by Crippen LogP contribution is 2.21. The molecule has 0 saturated heterocycles. The van der Waals surface area contributed by atoms with E-state index in [0.29, 0.717) is 17.8 Å². The van der Waals surface area contributed by atoms with Crippen LogP contribution in [0.5, 0.6) is 0 Å². The van der Waals surface area contributed by atoms with E-state index in [0.717, 1.165) is 25.0 Å². The summed E-state index contributed by atoms with van der Waals surface area (Å²) < 4.78 is 0. The third-order valence-corrected chi connectivity index (χ3v) is 3.81. The monoisotopic (exact) mass is 236 g/mol. The first kappa shape index (κ1) is 16.1. The Kier molecular flexibility index (Phi) is 7.77. The molecule has 0 radical (unpaired) electrons. The van der Waals surface area contributed by atoms with Crippen LogP contribution in [0.2, 0.25) is 0 Å². The van der Waals surface area contributed by atoms with Crippen LogP contribution in [0.25, 0.3) is 0 Å². The summed E-state index contributed by atoms with van der Waals surface area (Å²) in [4.78, 5) is 0. The van der Waals surface area contributed by atoms with Crippen molar-refractivity contribution < 1.29 is 0 Å². The fourth-order valence-corrected chi connectivity index (χ4v) is 1.92. The second-order valence-electron chi connectivity index (χ2n) is 5.07. The summed E-state index contributed by atoms with van der Waals surface area (Å²) in [6, 6.07) is 0. The Hall–Kier alpha value is -0.920. The van der Waals surface area contributed by atoms with Crippen LogP contribution in [0.1, 0.15) is 53.9 Å². The molecule has 2 nitrogen and oxygen atoms in total. The molecule has 3 unspecified atom stereocenters. The predicted molar refractivity (Wildman–Crippen MR) is 77.3 cm³/mol. The molecule has 0 heterocycles. The fraction of sp³-hybridized carbons (Fsp3) is 0.733. The van der Waals surface area contributed by atoms with Crippen LogP contribution in [0, 0.1) is 28.6 Å². The Morgan fingerprint density at radius 2 is 1.82 bits per heavy atom. The van der Waals surface area contributed by atoms with Gasteiger partial charge in [0.15, 0.2) is 0 Å². The molecule has 0 aromatic rings. The molecule has 2 N–H and O–H groups in total. The largest absolute Gasteiger partial charge is 0.313 e. The van der Waals surface area contributed by atoms with E-state index < -0.39 is 0 Å². The van der Waals surface area contributed by atoms with E-state index >= 15 is 0 Å². The van der Waals surface area contributed by atoms with Crippen molar-refractivity contribution in [2.45, 2.75) is 53.9 Å². The second-order valence-corrected chi connectivity index (χ2v) is 5.07. The van der Waals surface area contributed by atoms with Crippen LogP contribution in [0.3, 0.4) is 0 Å². The average molecular weight is 236 g/mol. The average Bonchev–Trinajstić information content (AvgIpc) is 2.35. The number of allylic oxidation sites excluding steroid dienone is 2. The van der Waals surface area contributed by atoms with Gasteiger partial charge in [-0.1, -0.05) is 33.8 Å². The molecule has 0 aromatic carbocycles. The molecule has 0 aromatic heterocycles. The molecule has 2 heteroatoms. The molecule has 0 rings (SSSR count). The molecule has 0 aliphatic heterocycles. The van der Waals surface area contributed by atoms with Crippen LogP contribution >= 0.6 is 0 Å². The molecule has 0 spiro atoms. The summed E-state index contributed by atoms with van der Waals surface area (Å²) in [5, 5.41) is 15.4. The molecule has 0 fully saturated rings. The maximum atomic E-state index is 8.15. The van der Waals surface area contributed by atoms with Gasteiger partial charge in [0.05, 0.1) is 0 Å². The van der Waals surface area contributed by atoms with Gasteiger partial charge in [0.1, 0.15) is 0 Å². The van der Waals surface area contributed by atoms with E-state index in [-0.39, 0.29) is 0 Å². The second kappa shape index (κ2) is 8.21. The molecule has 17 heavy (non-hydrogen) atoms. The minimum absolute atomic E-state index is 0.320. The highest BCUT2D eigenvalue weighted by Gasteiger charge is 2.14. The molecular weight excluding hydrogens is 208 g/mol. The Labute approximate surface area is 107 Å². The van der Waals surface area contributed by atoms with Crippen LogP contribution in [-0.4, -0.2) is 11.9 Å². The molecule has 3 atom stereocenters. The lowest BCUT2D eigenvalue weighted by molar-refractivity contribution is 0.462. The molecule has 0 saturated carbocycles. The Morgan fingerprint density at radius 3 is 2.24 bits per heavy atom. The van der Waals surface area contributed by atoms with E-state index in [9.17, 15) is 0 Å². The van der Waals surface area contributed by atoms with E-state index in [4.69, 9.17) is 10.8 Å². The van der Waals surface area contributed by atoms with Gasteiger partial charge in [0.25, 0.3) is 0 Å². The number of hydrogen-bond donors (Lipinski definition) is 2. The summed E-state index contributed by atoms with van der Waals surface area (Å²) in [7, 11) is 0. The zero-order valence-corrected chi connectivity index (χ0v) is 12.0. The van der Waals surface area contributed by atoms with E-state index in [1.807, 2.05) is 6.92 Å². The molecule has 0 aliphatic rings. The van der Waals surface area contributed by atoms with Crippen LogP contribution in [0.4, 0.5) is 0 Å². The lowest BCUT2D eigenvalue weighted by Crippen LogP contribution is -2.14. The smallest absolute Gasteiger partial charge is 0.0345 e. The van der Waals surface area contributed by atoms with Gasteiger partial charge < -0.3 is 10.8 Å². The van der Waals surface area contributed by atoms with Crippen molar-refractivity contribution in [1.29, 1.82) is 10.8 Å². The van der Waals surface area contributed by atoms with Crippen molar-refractivity contribution in [3.05, 3.63) is 11.6 Å². The zero-order valence-electron chi connectivity index (χ0n) is 12.0. The molecule has 0 amide bonds. The lowest BCUT2D eigenvalue weighted by atomic mass is 9.87. The third kappa shape index (κ3) is 5.29. The minimum atomic E-state index is 0.320. The summed E-state index contributed by atoms with van der Waals surface area (Å²) in [6.07, 6.45) is 6.53. The molecule has 98 valence electrons. The lowest BCUT2D eigenvalue weighted by Gasteiger charge is -2.18. The van der Waals surface area contributed by atoms with E-state index in [1.165, 1.54) is 11.8 Å². The third-order valence-electron chi connectivity index (χ3n) is 3.81. The molecule has 0 aliphatic carbocycles. The normalized spacial score (nSPS) is 17.4. The van der Waals surface area contributed by atoms with Crippen LogP contribution < -0.4 is 0 Å². The quantitative estimate of drug-likeness (QED) is 0.574. The topological polar surface area (TPSA) is 47.7 Å². The summed E-state index contributed by atoms with van der Waals surface area (Å²) in [5.41, 5.74) is 1.98. The highest BCUT2D eigenvalue weighted by molar-refractivity contribution is 5.98. The number of rotatable bonds is 8. The molecule has 0 bridgehead atoms. The predicted octanol–water partition coefficient (Wildman–Crippen LogP) is 4.70.